The van der Waals surface area contributed by atoms with Crippen molar-refractivity contribution in [3.63, 3.8) is 0 Å². The number of hydrogen-bond donors (Lipinski definition) is 1. The molecule has 4 heteroatoms. The van der Waals surface area contributed by atoms with Gasteiger partial charge in [-0.1, -0.05) is 17.7 Å². The smallest absolute Gasteiger partial charge is 0.141 e. The molecule has 0 aromatic heterocycles. The topological polar surface area (TPSA) is 15.3 Å². The van der Waals surface area contributed by atoms with E-state index < -0.39 is 0 Å². The molecule has 90 valence electrons. The lowest BCUT2D eigenvalue weighted by atomic mass is 10.2. The molecule has 0 saturated carbocycles. The highest BCUT2D eigenvalue weighted by atomic mass is 35.5. The molecule has 0 aliphatic rings. The molecular formula is C12H18ClFN2. The van der Waals surface area contributed by atoms with Gasteiger partial charge < -0.3 is 10.2 Å². The van der Waals surface area contributed by atoms with Crippen molar-refractivity contribution in [2.45, 2.75) is 19.5 Å². The summed E-state index contributed by atoms with van der Waals surface area (Å²) in [5.41, 5.74) is 0.997. The van der Waals surface area contributed by atoms with E-state index in [1.165, 1.54) is 6.07 Å². The molecule has 0 saturated heterocycles. The molecule has 0 heterocycles. The number of halogens is 2. The van der Waals surface area contributed by atoms with Gasteiger partial charge in [0.2, 0.25) is 0 Å². The van der Waals surface area contributed by atoms with E-state index in [-0.39, 0.29) is 10.8 Å². The van der Waals surface area contributed by atoms with Gasteiger partial charge in [-0.2, -0.15) is 0 Å². The lowest BCUT2D eigenvalue weighted by Gasteiger charge is -2.18. The summed E-state index contributed by atoms with van der Waals surface area (Å²) in [6.45, 7) is 3.79. The zero-order valence-corrected chi connectivity index (χ0v) is 10.7. The molecule has 16 heavy (non-hydrogen) atoms. The third-order valence-electron chi connectivity index (χ3n) is 2.28. The van der Waals surface area contributed by atoms with Gasteiger partial charge in [-0.15, -0.1) is 0 Å². The van der Waals surface area contributed by atoms with E-state index in [9.17, 15) is 4.39 Å². The van der Waals surface area contributed by atoms with Crippen LogP contribution in [0, 0.1) is 5.82 Å². The van der Waals surface area contributed by atoms with Crippen LogP contribution in [-0.4, -0.2) is 31.6 Å². The number of rotatable bonds is 5. The predicted octanol–water partition coefficient (Wildman–Crippen LogP) is 2.52. The Morgan fingerprint density at radius 1 is 1.44 bits per heavy atom. The van der Waals surface area contributed by atoms with Crippen LogP contribution in [-0.2, 0) is 6.54 Å². The quantitative estimate of drug-likeness (QED) is 0.856. The molecule has 1 atom stereocenters. The Labute approximate surface area is 101 Å². The Morgan fingerprint density at radius 2 is 2.12 bits per heavy atom. The maximum Gasteiger partial charge on any atom is 0.141 e. The zero-order chi connectivity index (χ0) is 12.1. The van der Waals surface area contributed by atoms with Crippen LogP contribution in [0.5, 0.6) is 0 Å². The first-order chi connectivity index (χ1) is 7.49. The minimum Gasteiger partial charge on any atom is -0.309 e. The third kappa shape index (κ3) is 4.47. The van der Waals surface area contributed by atoms with Gasteiger partial charge in [0.15, 0.2) is 0 Å². The van der Waals surface area contributed by atoms with Crippen molar-refractivity contribution < 1.29 is 4.39 Å². The van der Waals surface area contributed by atoms with E-state index >= 15 is 0 Å². The first kappa shape index (κ1) is 13.4. The zero-order valence-electron chi connectivity index (χ0n) is 9.93. The van der Waals surface area contributed by atoms with Gasteiger partial charge in [-0.3, -0.25) is 0 Å². The molecule has 0 bridgehead atoms. The van der Waals surface area contributed by atoms with Crippen LogP contribution in [0.25, 0.3) is 0 Å². The molecule has 1 rings (SSSR count). The maximum absolute atomic E-state index is 12.9. The minimum absolute atomic E-state index is 0.180. The summed E-state index contributed by atoms with van der Waals surface area (Å²) < 4.78 is 12.9. The van der Waals surface area contributed by atoms with Crippen LogP contribution < -0.4 is 5.32 Å². The Hall–Kier alpha value is -0.640. The van der Waals surface area contributed by atoms with E-state index in [2.05, 4.69) is 17.1 Å². The summed E-state index contributed by atoms with van der Waals surface area (Å²) in [4.78, 5) is 2.12. The fraction of sp³-hybridized carbons (Fsp3) is 0.500. The summed E-state index contributed by atoms with van der Waals surface area (Å²) in [5, 5.41) is 3.53. The Morgan fingerprint density at radius 3 is 2.69 bits per heavy atom. The normalized spacial score (nSPS) is 13.1. The lowest BCUT2D eigenvalue weighted by molar-refractivity contribution is 0.349. The molecule has 1 aromatic carbocycles. The number of hydrogen-bond acceptors (Lipinski definition) is 2. The fourth-order valence-corrected chi connectivity index (χ4v) is 1.76. The van der Waals surface area contributed by atoms with Crippen molar-refractivity contribution in [2.24, 2.45) is 0 Å². The largest absolute Gasteiger partial charge is 0.309 e. The first-order valence-corrected chi connectivity index (χ1v) is 5.69. The molecule has 0 radical (unpaired) electrons. The monoisotopic (exact) mass is 244 g/mol. The van der Waals surface area contributed by atoms with Crippen LogP contribution in [0.15, 0.2) is 18.2 Å². The maximum atomic E-state index is 12.9. The van der Waals surface area contributed by atoms with Gasteiger partial charge in [-0.05, 0) is 38.7 Å². The lowest BCUT2D eigenvalue weighted by Crippen LogP contribution is -2.35. The van der Waals surface area contributed by atoms with Gasteiger partial charge in [-0.25, -0.2) is 4.39 Å². The van der Waals surface area contributed by atoms with Crippen molar-refractivity contribution in [3.05, 3.63) is 34.6 Å². The van der Waals surface area contributed by atoms with E-state index in [0.29, 0.717) is 12.6 Å². The van der Waals surface area contributed by atoms with Crippen molar-refractivity contribution in [1.82, 2.24) is 10.2 Å². The Bertz CT molecular complexity index is 342. The third-order valence-corrected chi connectivity index (χ3v) is 2.57. The summed E-state index contributed by atoms with van der Waals surface area (Å²) in [7, 11) is 4.07. The molecule has 0 aliphatic carbocycles. The van der Waals surface area contributed by atoms with Crippen molar-refractivity contribution >= 4 is 11.6 Å². The van der Waals surface area contributed by atoms with Gasteiger partial charge >= 0.3 is 0 Å². The average molecular weight is 245 g/mol. The van der Waals surface area contributed by atoms with Crippen LogP contribution in [0.1, 0.15) is 12.5 Å². The number of nitrogens with one attached hydrogen (secondary N) is 1. The summed E-state index contributed by atoms with van der Waals surface area (Å²) in [6, 6.07) is 5.19. The highest BCUT2D eigenvalue weighted by molar-refractivity contribution is 6.30. The predicted molar refractivity (Wildman–Crippen MR) is 66.3 cm³/mol. The highest BCUT2D eigenvalue weighted by Gasteiger charge is 2.04. The summed E-state index contributed by atoms with van der Waals surface area (Å²) >= 11 is 5.70. The Kier molecular flexibility index (Phi) is 5.19. The fourth-order valence-electron chi connectivity index (χ4n) is 1.55. The molecule has 1 N–H and O–H groups in total. The van der Waals surface area contributed by atoms with E-state index in [1.54, 1.807) is 12.1 Å². The second-order valence-electron chi connectivity index (χ2n) is 4.29. The number of likely N-dealkylation sites (N-methyl/N-ethyl adjacent to an activating group) is 1. The van der Waals surface area contributed by atoms with E-state index in [4.69, 9.17) is 11.6 Å². The average Bonchev–Trinajstić information content (AvgIpc) is 2.19. The molecule has 1 aromatic rings. The van der Waals surface area contributed by atoms with Crippen molar-refractivity contribution in [3.8, 4) is 0 Å². The standard InChI is InChI=1S/C12H18ClFN2/c1-9(8-16(2)3)15-7-10-4-5-12(14)11(13)6-10/h4-6,9,15H,7-8H2,1-3H3. The molecule has 1 unspecified atom stereocenters. The first-order valence-electron chi connectivity index (χ1n) is 5.31. The molecule has 2 nitrogen and oxygen atoms in total. The molecule has 0 aliphatic heterocycles. The summed E-state index contributed by atoms with van der Waals surface area (Å²) in [5.74, 6) is -0.369. The second kappa shape index (κ2) is 6.18. The SMILES string of the molecule is CC(CN(C)C)NCc1ccc(F)c(Cl)c1. The minimum atomic E-state index is -0.369. The number of nitrogens with zero attached hydrogens (tertiary/aromatic N) is 1. The van der Waals surface area contributed by atoms with Crippen LogP contribution in [0.2, 0.25) is 5.02 Å². The van der Waals surface area contributed by atoms with E-state index in [1.807, 2.05) is 14.1 Å². The summed E-state index contributed by atoms with van der Waals surface area (Å²) in [6.07, 6.45) is 0. The number of benzene rings is 1. The van der Waals surface area contributed by atoms with Crippen molar-refractivity contribution in [2.75, 3.05) is 20.6 Å². The van der Waals surface area contributed by atoms with Crippen LogP contribution >= 0.6 is 11.6 Å². The van der Waals surface area contributed by atoms with Gasteiger partial charge in [0.05, 0.1) is 5.02 Å². The molecule has 0 amide bonds. The second-order valence-corrected chi connectivity index (χ2v) is 4.70. The Balaban J connectivity index is 2.45. The van der Waals surface area contributed by atoms with Gasteiger partial charge in [0.1, 0.15) is 5.82 Å². The van der Waals surface area contributed by atoms with E-state index in [0.717, 1.165) is 12.1 Å². The van der Waals surface area contributed by atoms with Crippen molar-refractivity contribution in [1.29, 1.82) is 0 Å². The molecule has 0 spiro atoms. The van der Waals surface area contributed by atoms with Crippen LogP contribution in [0.4, 0.5) is 4.39 Å². The molecule has 0 fully saturated rings. The molecular weight excluding hydrogens is 227 g/mol. The van der Waals surface area contributed by atoms with Gasteiger partial charge in [0, 0.05) is 19.1 Å². The highest BCUT2D eigenvalue weighted by Crippen LogP contribution is 2.15. The van der Waals surface area contributed by atoms with Crippen LogP contribution in [0.3, 0.4) is 0 Å². The van der Waals surface area contributed by atoms with Gasteiger partial charge in [0.25, 0.3) is 0 Å².